The maximum atomic E-state index is 13.2. The highest BCUT2D eigenvalue weighted by Crippen LogP contribution is 2.33. The van der Waals surface area contributed by atoms with Gasteiger partial charge in [0.15, 0.2) is 0 Å². The van der Waals surface area contributed by atoms with Gasteiger partial charge in [-0.2, -0.15) is 0 Å². The van der Waals surface area contributed by atoms with E-state index < -0.39 is 6.04 Å². The summed E-state index contributed by atoms with van der Waals surface area (Å²) >= 11 is 0. The number of nitrogens with zero attached hydrogens (tertiary/aromatic N) is 1. The van der Waals surface area contributed by atoms with E-state index in [1.165, 1.54) is 0 Å². The van der Waals surface area contributed by atoms with Crippen LogP contribution in [0.1, 0.15) is 38.2 Å². The minimum absolute atomic E-state index is 0.0398. The fourth-order valence-electron chi connectivity index (χ4n) is 3.47. The summed E-state index contributed by atoms with van der Waals surface area (Å²) in [6, 6.07) is 9.50. The first-order chi connectivity index (χ1) is 12.2. The SMILES string of the molecule is CCOC(=O)[C@H](Cc1ccccc1)N(C(=O)C1CCOCC1)C1CC1. The van der Waals surface area contributed by atoms with E-state index in [2.05, 4.69) is 0 Å². The second-order valence-electron chi connectivity index (χ2n) is 6.82. The Morgan fingerprint density at radius 2 is 1.84 bits per heavy atom. The van der Waals surface area contributed by atoms with Gasteiger partial charge in [-0.15, -0.1) is 0 Å². The van der Waals surface area contributed by atoms with E-state index in [-0.39, 0.29) is 23.8 Å². The minimum atomic E-state index is -0.537. The molecule has 25 heavy (non-hydrogen) atoms. The summed E-state index contributed by atoms with van der Waals surface area (Å²) in [5.41, 5.74) is 1.05. The van der Waals surface area contributed by atoms with E-state index in [9.17, 15) is 9.59 Å². The molecule has 1 saturated heterocycles. The molecule has 0 spiro atoms. The molecule has 0 aromatic heterocycles. The van der Waals surface area contributed by atoms with Crippen molar-refractivity contribution in [1.29, 1.82) is 0 Å². The Labute approximate surface area is 149 Å². The van der Waals surface area contributed by atoms with Gasteiger partial charge >= 0.3 is 5.97 Å². The van der Waals surface area contributed by atoms with Gasteiger partial charge in [0, 0.05) is 31.6 Å². The average molecular weight is 345 g/mol. The van der Waals surface area contributed by atoms with Gasteiger partial charge < -0.3 is 14.4 Å². The molecule has 2 aliphatic rings. The first kappa shape index (κ1) is 17.9. The van der Waals surface area contributed by atoms with Crippen LogP contribution in [0.4, 0.5) is 0 Å². The van der Waals surface area contributed by atoms with Crippen LogP contribution in [0.5, 0.6) is 0 Å². The van der Waals surface area contributed by atoms with Crippen LogP contribution < -0.4 is 0 Å². The molecule has 1 saturated carbocycles. The monoisotopic (exact) mass is 345 g/mol. The van der Waals surface area contributed by atoms with Crippen LogP contribution in [-0.2, 0) is 25.5 Å². The van der Waals surface area contributed by atoms with Crippen molar-refractivity contribution in [2.45, 2.75) is 51.1 Å². The van der Waals surface area contributed by atoms with Crippen molar-refractivity contribution in [1.82, 2.24) is 4.90 Å². The fourth-order valence-corrected chi connectivity index (χ4v) is 3.47. The highest BCUT2D eigenvalue weighted by atomic mass is 16.5. The Bertz CT molecular complexity index is 579. The molecule has 0 N–H and O–H groups in total. The summed E-state index contributed by atoms with van der Waals surface area (Å²) in [5.74, 6) is -0.236. The molecule has 2 fully saturated rings. The molecule has 5 nitrogen and oxygen atoms in total. The van der Waals surface area contributed by atoms with Gasteiger partial charge in [-0.25, -0.2) is 4.79 Å². The lowest BCUT2D eigenvalue weighted by molar-refractivity contribution is -0.158. The number of hydrogen-bond donors (Lipinski definition) is 0. The number of esters is 1. The maximum absolute atomic E-state index is 13.2. The molecule has 136 valence electrons. The van der Waals surface area contributed by atoms with Crippen LogP contribution in [0, 0.1) is 5.92 Å². The Morgan fingerprint density at radius 1 is 1.16 bits per heavy atom. The normalized spacial score (nSPS) is 19.2. The van der Waals surface area contributed by atoms with Gasteiger partial charge in [-0.05, 0) is 38.2 Å². The van der Waals surface area contributed by atoms with Gasteiger partial charge in [0.1, 0.15) is 6.04 Å². The molecule has 0 unspecified atom stereocenters. The van der Waals surface area contributed by atoms with Gasteiger partial charge in [0.25, 0.3) is 0 Å². The van der Waals surface area contributed by atoms with E-state index in [4.69, 9.17) is 9.47 Å². The van der Waals surface area contributed by atoms with Gasteiger partial charge in [-0.3, -0.25) is 4.79 Å². The average Bonchev–Trinajstić information content (AvgIpc) is 3.48. The lowest BCUT2D eigenvalue weighted by Gasteiger charge is -2.34. The Hall–Kier alpha value is -1.88. The molecule has 0 radical (unpaired) electrons. The Balaban J connectivity index is 1.81. The molecule has 1 aromatic rings. The molecule has 0 bridgehead atoms. The van der Waals surface area contributed by atoms with Crippen LogP contribution >= 0.6 is 0 Å². The molecule has 1 atom stereocenters. The lowest BCUT2D eigenvalue weighted by atomic mass is 9.96. The first-order valence-corrected chi connectivity index (χ1v) is 9.31. The minimum Gasteiger partial charge on any atom is -0.464 e. The summed E-state index contributed by atoms with van der Waals surface area (Å²) in [4.78, 5) is 27.7. The molecule has 1 heterocycles. The van der Waals surface area contributed by atoms with Crippen LogP contribution in [0.25, 0.3) is 0 Å². The summed E-state index contributed by atoms with van der Waals surface area (Å²) in [5, 5.41) is 0. The van der Waals surface area contributed by atoms with Crippen molar-refractivity contribution in [2.24, 2.45) is 5.92 Å². The van der Waals surface area contributed by atoms with Crippen molar-refractivity contribution in [3.8, 4) is 0 Å². The third-order valence-corrected chi connectivity index (χ3v) is 4.93. The number of benzene rings is 1. The van der Waals surface area contributed by atoms with Crippen LogP contribution in [-0.4, -0.2) is 48.7 Å². The Kier molecular flexibility index (Phi) is 6.08. The molecule has 1 aliphatic heterocycles. The molecule has 5 heteroatoms. The number of amides is 1. The van der Waals surface area contributed by atoms with Crippen molar-refractivity contribution in [3.05, 3.63) is 35.9 Å². The predicted octanol–water partition coefficient (Wildman–Crippen LogP) is 2.58. The standard InChI is InChI=1S/C20H27NO4/c1-2-25-20(23)18(14-15-6-4-3-5-7-15)21(17-8-9-17)19(22)16-10-12-24-13-11-16/h3-7,16-18H,2,8-14H2,1H3/t18-/m0/s1. The maximum Gasteiger partial charge on any atom is 0.329 e. The molecule has 1 aliphatic carbocycles. The third-order valence-electron chi connectivity index (χ3n) is 4.93. The van der Waals surface area contributed by atoms with Crippen molar-refractivity contribution in [3.63, 3.8) is 0 Å². The highest BCUT2D eigenvalue weighted by molar-refractivity contribution is 5.86. The largest absolute Gasteiger partial charge is 0.464 e. The molecule has 1 aromatic carbocycles. The van der Waals surface area contributed by atoms with Crippen molar-refractivity contribution in [2.75, 3.05) is 19.8 Å². The van der Waals surface area contributed by atoms with E-state index in [0.29, 0.717) is 26.2 Å². The Morgan fingerprint density at radius 3 is 2.44 bits per heavy atom. The van der Waals surface area contributed by atoms with E-state index in [0.717, 1.165) is 31.2 Å². The van der Waals surface area contributed by atoms with Crippen molar-refractivity contribution >= 4 is 11.9 Å². The zero-order valence-electron chi connectivity index (χ0n) is 14.9. The van der Waals surface area contributed by atoms with Gasteiger partial charge in [0.2, 0.25) is 5.91 Å². The van der Waals surface area contributed by atoms with Crippen LogP contribution in [0.3, 0.4) is 0 Å². The van der Waals surface area contributed by atoms with Crippen LogP contribution in [0.15, 0.2) is 30.3 Å². The molecule has 1 amide bonds. The predicted molar refractivity (Wildman–Crippen MR) is 94.0 cm³/mol. The topological polar surface area (TPSA) is 55.8 Å². The smallest absolute Gasteiger partial charge is 0.329 e. The third kappa shape index (κ3) is 4.60. The summed E-state index contributed by atoms with van der Waals surface area (Å²) < 4.78 is 10.7. The fraction of sp³-hybridized carbons (Fsp3) is 0.600. The van der Waals surface area contributed by atoms with Crippen LogP contribution in [0.2, 0.25) is 0 Å². The number of hydrogen-bond acceptors (Lipinski definition) is 4. The van der Waals surface area contributed by atoms with Gasteiger partial charge in [0.05, 0.1) is 6.61 Å². The number of rotatable bonds is 7. The molecular weight excluding hydrogens is 318 g/mol. The second-order valence-corrected chi connectivity index (χ2v) is 6.82. The summed E-state index contributed by atoms with van der Waals surface area (Å²) in [6.07, 6.45) is 3.93. The number of carbonyl (C=O) groups is 2. The highest BCUT2D eigenvalue weighted by Gasteiger charge is 2.43. The first-order valence-electron chi connectivity index (χ1n) is 9.31. The molecular formula is C20H27NO4. The lowest BCUT2D eigenvalue weighted by Crippen LogP contribution is -2.51. The second kappa shape index (κ2) is 8.48. The van der Waals surface area contributed by atoms with E-state index in [1.807, 2.05) is 35.2 Å². The number of ether oxygens (including phenoxy) is 2. The molecule has 3 rings (SSSR count). The summed E-state index contributed by atoms with van der Waals surface area (Å²) in [6.45, 7) is 3.38. The zero-order chi connectivity index (χ0) is 17.6. The van der Waals surface area contributed by atoms with Gasteiger partial charge in [-0.1, -0.05) is 30.3 Å². The zero-order valence-corrected chi connectivity index (χ0v) is 14.9. The van der Waals surface area contributed by atoms with E-state index in [1.54, 1.807) is 6.92 Å². The van der Waals surface area contributed by atoms with Crippen molar-refractivity contribution < 1.29 is 19.1 Å². The van der Waals surface area contributed by atoms with E-state index >= 15 is 0 Å². The number of carbonyl (C=O) groups excluding carboxylic acids is 2. The summed E-state index contributed by atoms with van der Waals surface area (Å²) in [7, 11) is 0. The quantitative estimate of drug-likeness (QED) is 0.713.